The van der Waals surface area contributed by atoms with Crippen LogP contribution in [0.15, 0.2) is 78.1 Å². The third-order valence-electron chi connectivity index (χ3n) is 6.87. The number of fused-ring (bicyclic) bond motifs is 1. The lowest BCUT2D eigenvalue weighted by Crippen LogP contribution is -2.48. The number of sulfonamides is 1. The largest absolute Gasteiger partial charge is 0.416 e. The molecule has 2 aromatic heterocycles. The van der Waals surface area contributed by atoms with E-state index in [0.717, 1.165) is 12.3 Å². The quantitative estimate of drug-likeness (QED) is 0.361. The van der Waals surface area contributed by atoms with Gasteiger partial charge in [-0.05, 0) is 54.4 Å². The molecule has 1 N–H and O–H groups in total. The molecule has 1 fully saturated rings. The number of aryl methyl sites for hydroxylation is 1. The molecule has 8 nitrogen and oxygen atoms in total. The van der Waals surface area contributed by atoms with E-state index in [1.165, 1.54) is 18.5 Å². The van der Waals surface area contributed by atoms with Crippen LogP contribution in [0.4, 0.5) is 18.9 Å². The van der Waals surface area contributed by atoms with Gasteiger partial charge in [-0.2, -0.15) is 13.2 Å². The van der Waals surface area contributed by atoms with Crippen LogP contribution < -0.4 is 4.72 Å². The van der Waals surface area contributed by atoms with E-state index in [1.54, 1.807) is 54.3 Å². The summed E-state index contributed by atoms with van der Waals surface area (Å²) in [5.74, 6) is -0.229. The zero-order valence-corrected chi connectivity index (χ0v) is 22.3. The highest BCUT2D eigenvalue weighted by atomic mass is 32.2. The number of pyridine rings is 2. The zero-order valence-electron chi connectivity index (χ0n) is 21.5. The van der Waals surface area contributed by atoms with Crippen LogP contribution in [0, 0.1) is 6.92 Å². The molecule has 4 aromatic rings. The van der Waals surface area contributed by atoms with Crippen molar-refractivity contribution < 1.29 is 26.4 Å². The van der Waals surface area contributed by atoms with Crippen molar-refractivity contribution in [2.24, 2.45) is 0 Å². The molecule has 0 spiro atoms. The Balaban J connectivity index is 1.25. The number of nitrogens with zero attached hydrogens (tertiary/aromatic N) is 4. The number of carbonyl (C=O) groups is 1. The lowest BCUT2D eigenvalue weighted by atomic mass is 10.1. The van der Waals surface area contributed by atoms with E-state index in [0.29, 0.717) is 53.9 Å². The van der Waals surface area contributed by atoms with Gasteiger partial charge in [0.05, 0.1) is 16.8 Å². The molecule has 40 heavy (non-hydrogen) atoms. The summed E-state index contributed by atoms with van der Waals surface area (Å²) in [7, 11) is -3.95. The smallest absolute Gasteiger partial charge is 0.336 e. The summed E-state index contributed by atoms with van der Waals surface area (Å²) < 4.78 is 68.9. The van der Waals surface area contributed by atoms with Gasteiger partial charge in [-0.25, -0.2) is 8.42 Å². The molecule has 0 unspecified atom stereocenters. The first-order chi connectivity index (χ1) is 19.0. The predicted molar refractivity (Wildman–Crippen MR) is 144 cm³/mol. The van der Waals surface area contributed by atoms with Gasteiger partial charge in [-0.15, -0.1) is 0 Å². The number of rotatable bonds is 6. The number of hydrogen-bond acceptors (Lipinski definition) is 6. The molecule has 0 bridgehead atoms. The maximum atomic E-state index is 13.3. The Morgan fingerprint density at radius 3 is 2.48 bits per heavy atom. The van der Waals surface area contributed by atoms with Crippen molar-refractivity contribution in [3.8, 4) is 0 Å². The standard InChI is InChI=1S/C28H26F3N5O3S/c1-19-16-21(7-8-24(19)34-40(38,39)25-6-2-4-20-5-3-10-33-26(20)25)27(37)36-14-12-35(13-15-36)18-22-17-32-11-9-23(22)28(29,30)31/h2-11,16-17,34H,12-15,18H2,1H3. The Morgan fingerprint density at radius 2 is 1.75 bits per heavy atom. The normalized spacial score (nSPS) is 14.8. The molecular weight excluding hydrogens is 543 g/mol. The van der Waals surface area contributed by atoms with Crippen molar-refractivity contribution in [3.63, 3.8) is 0 Å². The average Bonchev–Trinajstić information content (AvgIpc) is 2.93. The van der Waals surface area contributed by atoms with Gasteiger partial charge in [-0.3, -0.25) is 24.4 Å². The van der Waals surface area contributed by atoms with Crippen LogP contribution in [-0.2, 0) is 22.7 Å². The molecule has 1 amide bonds. The minimum Gasteiger partial charge on any atom is -0.336 e. The molecule has 3 heterocycles. The predicted octanol–water partition coefficient (Wildman–Crippen LogP) is 4.72. The van der Waals surface area contributed by atoms with E-state index in [9.17, 15) is 26.4 Å². The van der Waals surface area contributed by atoms with Crippen molar-refractivity contribution >= 4 is 32.5 Å². The van der Waals surface area contributed by atoms with E-state index < -0.39 is 21.8 Å². The number of amides is 1. The lowest BCUT2D eigenvalue weighted by Gasteiger charge is -2.35. The van der Waals surface area contributed by atoms with E-state index in [2.05, 4.69) is 14.7 Å². The van der Waals surface area contributed by atoms with E-state index >= 15 is 0 Å². The molecule has 0 aliphatic carbocycles. The molecule has 0 saturated carbocycles. The second-order valence-corrected chi connectivity index (χ2v) is 11.2. The van der Waals surface area contributed by atoms with Crippen LogP contribution in [0.3, 0.4) is 0 Å². The summed E-state index contributed by atoms with van der Waals surface area (Å²) in [6, 6.07) is 14.1. The molecule has 208 valence electrons. The maximum Gasteiger partial charge on any atom is 0.416 e. The third kappa shape index (κ3) is 5.77. The number of piperazine rings is 1. The fourth-order valence-electron chi connectivity index (χ4n) is 4.77. The van der Waals surface area contributed by atoms with Gasteiger partial charge < -0.3 is 4.90 Å². The molecule has 0 radical (unpaired) electrons. The number of carbonyl (C=O) groups excluding carboxylic acids is 1. The number of benzene rings is 2. The Bertz CT molecular complexity index is 1660. The summed E-state index contributed by atoms with van der Waals surface area (Å²) in [4.78, 5) is 24.8. The van der Waals surface area contributed by atoms with Crippen LogP contribution >= 0.6 is 0 Å². The fraction of sp³-hybridized carbons (Fsp3) is 0.250. The van der Waals surface area contributed by atoms with Gasteiger partial charge in [0.2, 0.25) is 0 Å². The van der Waals surface area contributed by atoms with E-state index in [1.807, 2.05) is 4.90 Å². The SMILES string of the molecule is Cc1cc(C(=O)N2CCN(Cc3cnccc3C(F)(F)F)CC2)ccc1NS(=O)(=O)c1cccc2cccnc12. The monoisotopic (exact) mass is 569 g/mol. The van der Waals surface area contributed by atoms with Gasteiger partial charge in [0.1, 0.15) is 4.90 Å². The molecule has 1 aliphatic heterocycles. The number of anilines is 1. The summed E-state index contributed by atoms with van der Waals surface area (Å²) in [6.45, 7) is 3.32. The van der Waals surface area contributed by atoms with Crippen LogP contribution in [-0.4, -0.2) is 60.3 Å². The van der Waals surface area contributed by atoms with E-state index in [-0.39, 0.29) is 22.9 Å². The maximum absolute atomic E-state index is 13.3. The molecule has 2 aromatic carbocycles. The van der Waals surface area contributed by atoms with Crippen LogP contribution in [0.2, 0.25) is 0 Å². The van der Waals surface area contributed by atoms with Crippen molar-refractivity contribution in [2.45, 2.75) is 24.5 Å². The molecule has 5 rings (SSSR count). The van der Waals surface area contributed by atoms with Gasteiger partial charge >= 0.3 is 6.18 Å². The van der Waals surface area contributed by atoms with Crippen LogP contribution in [0.5, 0.6) is 0 Å². The lowest BCUT2D eigenvalue weighted by molar-refractivity contribution is -0.138. The van der Waals surface area contributed by atoms with Gasteiger partial charge in [0.15, 0.2) is 0 Å². The first kappa shape index (κ1) is 27.5. The van der Waals surface area contributed by atoms with Crippen molar-refractivity contribution in [3.05, 3.63) is 95.4 Å². The van der Waals surface area contributed by atoms with Crippen molar-refractivity contribution in [2.75, 3.05) is 30.9 Å². The minimum absolute atomic E-state index is 0.0525. The molecule has 0 atom stereocenters. The summed E-state index contributed by atoms with van der Waals surface area (Å²) in [5, 5.41) is 0.698. The second kappa shape index (κ2) is 10.9. The van der Waals surface area contributed by atoms with Crippen LogP contribution in [0.1, 0.15) is 27.0 Å². The number of para-hydroxylation sites is 1. The number of halogens is 3. The average molecular weight is 570 g/mol. The number of alkyl halides is 3. The highest BCUT2D eigenvalue weighted by Crippen LogP contribution is 2.32. The highest BCUT2D eigenvalue weighted by Gasteiger charge is 2.34. The Morgan fingerprint density at radius 1 is 1.00 bits per heavy atom. The topological polar surface area (TPSA) is 95.5 Å². The van der Waals surface area contributed by atoms with Crippen molar-refractivity contribution in [1.29, 1.82) is 0 Å². The molecule has 12 heteroatoms. The Labute approximate surface area is 229 Å². The van der Waals surface area contributed by atoms with E-state index in [4.69, 9.17) is 0 Å². The first-order valence-corrected chi connectivity index (χ1v) is 14.0. The summed E-state index contributed by atoms with van der Waals surface area (Å²) >= 11 is 0. The van der Waals surface area contributed by atoms with Gasteiger partial charge in [0.25, 0.3) is 15.9 Å². The zero-order chi connectivity index (χ0) is 28.5. The molecular formula is C28H26F3N5O3S. The Kier molecular flexibility index (Phi) is 7.47. The fourth-order valence-corrected chi connectivity index (χ4v) is 6.08. The van der Waals surface area contributed by atoms with Crippen molar-refractivity contribution in [1.82, 2.24) is 19.8 Å². The number of aromatic nitrogens is 2. The second-order valence-electron chi connectivity index (χ2n) is 9.57. The molecule has 1 aliphatic rings. The van der Waals surface area contributed by atoms with Gasteiger partial charge in [0, 0.05) is 62.3 Å². The highest BCUT2D eigenvalue weighted by molar-refractivity contribution is 7.93. The minimum atomic E-state index is -4.46. The summed E-state index contributed by atoms with van der Waals surface area (Å²) in [5.41, 5.74) is 1.06. The number of nitrogens with one attached hydrogen (secondary N) is 1. The molecule has 1 saturated heterocycles. The van der Waals surface area contributed by atoms with Gasteiger partial charge in [-0.1, -0.05) is 18.2 Å². The first-order valence-electron chi connectivity index (χ1n) is 12.5. The summed E-state index contributed by atoms with van der Waals surface area (Å²) in [6.07, 6.45) is -0.566. The number of hydrogen-bond donors (Lipinski definition) is 1. The third-order valence-corrected chi connectivity index (χ3v) is 8.26. The van der Waals surface area contributed by atoms with Crippen LogP contribution in [0.25, 0.3) is 10.9 Å². The Hall–Kier alpha value is -4.03.